The molecule has 9 nitrogen and oxygen atoms in total. The monoisotopic (exact) mass is 558 g/mol. The molecule has 1 saturated carbocycles. The topological polar surface area (TPSA) is 102 Å². The summed E-state index contributed by atoms with van der Waals surface area (Å²) in [6.07, 6.45) is 2.03. The van der Waals surface area contributed by atoms with Gasteiger partial charge in [0.25, 0.3) is 5.56 Å². The molecule has 220 valence electrons. The van der Waals surface area contributed by atoms with Crippen molar-refractivity contribution in [2.24, 2.45) is 5.92 Å². The molecule has 2 heterocycles. The molecule has 1 unspecified atom stereocenters. The summed E-state index contributed by atoms with van der Waals surface area (Å²) in [4.78, 5) is 39.5. The van der Waals surface area contributed by atoms with Crippen molar-refractivity contribution in [3.05, 3.63) is 39.4 Å². The van der Waals surface area contributed by atoms with Crippen LogP contribution in [0.15, 0.2) is 16.9 Å². The van der Waals surface area contributed by atoms with E-state index in [1.165, 1.54) is 6.07 Å². The van der Waals surface area contributed by atoms with Crippen molar-refractivity contribution in [1.82, 2.24) is 15.2 Å². The van der Waals surface area contributed by atoms with Gasteiger partial charge in [0.15, 0.2) is 0 Å². The lowest BCUT2D eigenvalue weighted by molar-refractivity contribution is 0.0512. The van der Waals surface area contributed by atoms with Crippen LogP contribution >= 0.6 is 0 Å². The van der Waals surface area contributed by atoms with Crippen LogP contribution < -0.4 is 21.1 Å². The van der Waals surface area contributed by atoms with Gasteiger partial charge in [0, 0.05) is 43.7 Å². The van der Waals surface area contributed by atoms with Crippen LogP contribution in [0.5, 0.6) is 0 Å². The maximum absolute atomic E-state index is 15.8. The second-order valence-electron chi connectivity index (χ2n) is 13.0. The third-order valence-electron chi connectivity index (χ3n) is 7.10. The lowest BCUT2D eigenvalue weighted by Gasteiger charge is -2.25. The van der Waals surface area contributed by atoms with Crippen LogP contribution in [0, 0.1) is 18.7 Å². The minimum Gasteiger partial charge on any atom is -0.444 e. The number of rotatable bonds is 7. The maximum Gasteiger partial charge on any atom is 0.407 e. The Hall–Kier alpha value is -3.30. The van der Waals surface area contributed by atoms with Crippen LogP contribution in [-0.2, 0) is 15.9 Å². The SMILES string of the molecule is Cc1c(N2CCC(CNC(=O)OC(C)(C)C)C2)c(F)cc2c(CCNC(=O)OC(C)(C)C)cc(=O)n(C3CC3)c12. The molecule has 1 aliphatic heterocycles. The van der Waals surface area contributed by atoms with Crippen LogP contribution in [0.25, 0.3) is 10.9 Å². The summed E-state index contributed by atoms with van der Waals surface area (Å²) in [7, 11) is 0. The number of nitrogens with zero attached hydrogens (tertiary/aromatic N) is 2. The molecule has 4 rings (SSSR count). The third kappa shape index (κ3) is 7.26. The van der Waals surface area contributed by atoms with Crippen molar-refractivity contribution < 1.29 is 23.5 Å². The zero-order valence-electron chi connectivity index (χ0n) is 24.8. The van der Waals surface area contributed by atoms with E-state index in [4.69, 9.17) is 9.47 Å². The molecule has 2 N–H and O–H groups in total. The van der Waals surface area contributed by atoms with Gasteiger partial charge in [-0.15, -0.1) is 0 Å². The Bertz CT molecular complexity index is 1340. The number of alkyl carbamates (subject to hydrolysis) is 2. The number of fused-ring (bicyclic) bond motifs is 1. The average Bonchev–Trinajstić information content (AvgIpc) is 3.53. The molecular formula is C30H43FN4O5. The molecule has 10 heteroatoms. The molecule has 1 saturated heterocycles. The highest BCUT2D eigenvalue weighted by Gasteiger charge is 2.32. The van der Waals surface area contributed by atoms with E-state index in [1.54, 1.807) is 26.8 Å². The van der Waals surface area contributed by atoms with E-state index in [1.807, 2.05) is 37.2 Å². The molecule has 1 aromatic carbocycles. The first-order valence-corrected chi connectivity index (χ1v) is 14.2. The second kappa shape index (κ2) is 11.3. The van der Waals surface area contributed by atoms with E-state index < -0.39 is 23.4 Å². The van der Waals surface area contributed by atoms with Crippen LogP contribution in [0.3, 0.4) is 0 Å². The molecular weight excluding hydrogens is 515 g/mol. The molecule has 2 aromatic rings. The minimum absolute atomic E-state index is 0.108. The van der Waals surface area contributed by atoms with Gasteiger partial charge in [-0.1, -0.05) is 0 Å². The van der Waals surface area contributed by atoms with Gasteiger partial charge < -0.3 is 29.6 Å². The zero-order chi connectivity index (χ0) is 29.4. The molecule has 40 heavy (non-hydrogen) atoms. The number of pyridine rings is 1. The number of hydrogen-bond acceptors (Lipinski definition) is 6. The number of halogens is 1. The summed E-state index contributed by atoms with van der Waals surface area (Å²) in [5.74, 6) is -0.189. The first-order chi connectivity index (χ1) is 18.6. The highest BCUT2D eigenvalue weighted by molar-refractivity contribution is 5.90. The highest BCUT2D eigenvalue weighted by atomic mass is 19.1. The number of amides is 2. The van der Waals surface area contributed by atoms with Gasteiger partial charge in [-0.05, 0) is 97.3 Å². The normalized spacial score (nSPS) is 17.7. The number of anilines is 1. The number of hydrogen-bond donors (Lipinski definition) is 2. The third-order valence-corrected chi connectivity index (χ3v) is 7.10. The quantitative estimate of drug-likeness (QED) is 0.484. The predicted octanol–water partition coefficient (Wildman–Crippen LogP) is 5.20. The molecule has 0 bridgehead atoms. The fourth-order valence-corrected chi connectivity index (χ4v) is 5.37. The van der Waals surface area contributed by atoms with Crippen LogP contribution in [-0.4, -0.2) is 54.1 Å². The van der Waals surface area contributed by atoms with Gasteiger partial charge in [-0.3, -0.25) is 4.79 Å². The summed E-state index contributed by atoms with van der Waals surface area (Å²) >= 11 is 0. The summed E-state index contributed by atoms with van der Waals surface area (Å²) in [5, 5.41) is 6.26. The molecule has 2 amide bonds. The smallest absolute Gasteiger partial charge is 0.407 e. The number of nitrogens with one attached hydrogen (secondary N) is 2. The maximum atomic E-state index is 15.8. The summed E-state index contributed by atoms with van der Waals surface area (Å²) in [5.41, 5.74) is 1.41. The first-order valence-electron chi connectivity index (χ1n) is 14.2. The fourth-order valence-electron chi connectivity index (χ4n) is 5.37. The van der Waals surface area contributed by atoms with Crippen molar-refractivity contribution in [3.63, 3.8) is 0 Å². The Labute approximate surface area is 235 Å². The average molecular weight is 559 g/mol. The van der Waals surface area contributed by atoms with E-state index in [0.717, 1.165) is 30.3 Å². The van der Waals surface area contributed by atoms with Crippen molar-refractivity contribution in [2.45, 2.75) is 91.4 Å². The largest absolute Gasteiger partial charge is 0.444 e. The van der Waals surface area contributed by atoms with E-state index in [2.05, 4.69) is 10.6 Å². The van der Waals surface area contributed by atoms with Crippen LogP contribution in [0.1, 0.15) is 78.0 Å². The van der Waals surface area contributed by atoms with Crippen molar-refractivity contribution in [2.75, 3.05) is 31.1 Å². The Kier molecular flexibility index (Phi) is 8.38. The number of benzene rings is 1. The Balaban J connectivity index is 1.57. The lowest BCUT2D eigenvalue weighted by Crippen LogP contribution is -2.36. The van der Waals surface area contributed by atoms with Crippen molar-refractivity contribution in [1.29, 1.82) is 0 Å². The second-order valence-corrected chi connectivity index (χ2v) is 13.0. The predicted molar refractivity (Wildman–Crippen MR) is 154 cm³/mol. The fraction of sp³-hybridized carbons (Fsp3) is 0.633. The van der Waals surface area contributed by atoms with Gasteiger partial charge >= 0.3 is 12.2 Å². The highest BCUT2D eigenvalue weighted by Crippen LogP contribution is 2.40. The Morgan fingerprint density at radius 3 is 2.23 bits per heavy atom. The molecule has 1 atom stereocenters. The Morgan fingerprint density at radius 2 is 1.62 bits per heavy atom. The molecule has 2 aliphatic rings. The zero-order valence-corrected chi connectivity index (χ0v) is 24.8. The number of ether oxygens (including phenoxy) is 2. The number of carbonyl (C=O) groups excluding carboxylic acids is 2. The van der Waals surface area contributed by atoms with Crippen LogP contribution in [0.2, 0.25) is 0 Å². The molecule has 1 aromatic heterocycles. The van der Waals surface area contributed by atoms with E-state index in [0.29, 0.717) is 42.7 Å². The first kappa shape index (κ1) is 29.7. The molecule has 0 spiro atoms. The summed E-state index contributed by atoms with van der Waals surface area (Å²) < 4.78 is 28.3. The number of aromatic nitrogens is 1. The lowest BCUT2D eigenvalue weighted by atomic mass is 10.00. The van der Waals surface area contributed by atoms with Gasteiger partial charge in [-0.25, -0.2) is 14.0 Å². The van der Waals surface area contributed by atoms with E-state index >= 15 is 4.39 Å². The van der Waals surface area contributed by atoms with Crippen molar-refractivity contribution in [3.8, 4) is 0 Å². The summed E-state index contributed by atoms with van der Waals surface area (Å²) in [6.45, 7) is 14.7. The number of carbonyl (C=O) groups is 2. The van der Waals surface area contributed by atoms with Gasteiger partial charge in [0.05, 0.1) is 11.2 Å². The van der Waals surface area contributed by atoms with E-state index in [9.17, 15) is 14.4 Å². The van der Waals surface area contributed by atoms with Gasteiger partial charge in [0.1, 0.15) is 17.0 Å². The van der Waals surface area contributed by atoms with Gasteiger partial charge in [0.2, 0.25) is 0 Å². The molecule has 1 aliphatic carbocycles. The molecule has 0 radical (unpaired) electrons. The Morgan fingerprint density at radius 1 is 1.00 bits per heavy atom. The molecule has 2 fully saturated rings. The van der Waals surface area contributed by atoms with Crippen molar-refractivity contribution >= 4 is 28.8 Å². The summed E-state index contributed by atoms with van der Waals surface area (Å²) in [6, 6.07) is 3.22. The van der Waals surface area contributed by atoms with E-state index in [-0.39, 0.29) is 29.9 Å². The standard InChI is InChI=1S/C30H43FN4O5/c1-18-25-22(15-23(31)26(18)34-13-11-19(17-34)16-33-28(38)40-30(5,6)7)20(14-24(36)35(25)21-8-9-21)10-12-32-27(37)39-29(2,3)4/h14-15,19,21H,8-13,16-17H2,1-7H3,(H,32,37)(H,33,38). The van der Waals surface area contributed by atoms with Crippen LogP contribution in [0.4, 0.5) is 19.7 Å². The minimum atomic E-state index is -0.613. The number of aryl methyl sites for hydroxylation is 1. The van der Waals surface area contributed by atoms with Gasteiger partial charge in [-0.2, -0.15) is 0 Å².